The van der Waals surface area contributed by atoms with Crippen molar-refractivity contribution in [2.75, 3.05) is 11.4 Å². The molecular formula is C28H25NO. The second-order valence-electron chi connectivity index (χ2n) is 7.42. The number of benzene rings is 4. The van der Waals surface area contributed by atoms with E-state index in [2.05, 4.69) is 41.3 Å². The lowest BCUT2D eigenvalue weighted by Gasteiger charge is -2.29. The Bertz CT molecular complexity index is 1050. The molecule has 1 atom stereocenters. The minimum absolute atomic E-state index is 0.149. The summed E-state index contributed by atoms with van der Waals surface area (Å²) in [5.74, 6) is -0.135. The number of Topliss-reactive ketones (excluding diaryl/α,β-unsaturated/α-hetero) is 1. The standard InChI is InChI=1S/C28H25NO/c1-22-13-11-12-20-26(22)28(30)27(23-14-5-2-6-15-23)21-29(24-16-7-3-8-17-24)25-18-9-4-10-19-25/h2-20,27H,21H2,1H3. The molecule has 4 aromatic carbocycles. The summed E-state index contributed by atoms with van der Waals surface area (Å²) in [5, 5.41) is 0. The lowest BCUT2D eigenvalue weighted by atomic mass is 9.88. The fourth-order valence-electron chi connectivity index (χ4n) is 3.82. The van der Waals surface area contributed by atoms with Crippen LogP contribution in [0.4, 0.5) is 11.4 Å². The molecule has 0 saturated heterocycles. The van der Waals surface area contributed by atoms with E-state index in [0.717, 1.165) is 28.1 Å². The number of anilines is 2. The number of carbonyl (C=O) groups is 1. The maximum atomic E-state index is 13.7. The Balaban J connectivity index is 1.78. The van der Waals surface area contributed by atoms with Gasteiger partial charge < -0.3 is 4.90 Å². The highest BCUT2D eigenvalue weighted by Gasteiger charge is 2.26. The molecule has 148 valence electrons. The molecule has 4 aromatic rings. The number of nitrogens with zero attached hydrogens (tertiary/aromatic N) is 1. The van der Waals surface area contributed by atoms with Gasteiger partial charge in [-0.05, 0) is 42.3 Å². The Labute approximate surface area is 178 Å². The summed E-state index contributed by atoms with van der Waals surface area (Å²) in [6.07, 6.45) is 0. The number of carbonyl (C=O) groups excluding carboxylic acids is 1. The highest BCUT2D eigenvalue weighted by atomic mass is 16.1. The van der Waals surface area contributed by atoms with E-state index in [0.29, 0.717) is 6.54 Å². The van der Waals surface area contributed by atoms with Gasteiger partial charge in [-0.15, -0.1) is 0 Å². The quantitative estimate of drug-likeness (QED) is 0.323. The summed E-state index contributed by atoms with van der Waals surface area (Å²) in [6, 6.07) is 38.5. The molecule has 0 heterocycles. The van der Waals surface area contributed by atoms with Gasteiger partial charge in [0.25, 0.3) is 0 Å². The fourth-order valence-corrected chi connectivity index (χ4v) is 3.82. The van der Waals surface area contributed by atoms with Gasteiger partial charge in [-0.1, -0.05) is 91.0 Å². The summed E-state index contributed by atoms with van der Waals surface area (Å²) in [4.78, 5) is 16.0. The van der Waals surface area contributed by atoms with Crippen LogP contribution in [0.3, 0.4) is 0 Å². The van der Waals surface area contributed by atoms with Gasteiger partial charge in [0, 0.05) is 23.5 Å². The smallest absolute Gasteiger partial charge is 0.172 e. The molecule has 1 unspecified atom stereocenters. The Morgan fingerprint density at radius 3 is 1.67 bits per heavy atom. The monoisotopic (exact) mass is 391 g/mol. The molecule has 0 spiro atoms. The lowest BCUT2D eigenvalue weighted by molar-refractivity contribution is 0.0961. The summed E-state index contributed by atoms with van der Waals surface area (Å²) in [5.41, 5.74) is 4.97. The molecular weight excluding hydrogens is 366 g/mol. The fraction of sp³-hybridized carbons (Fsp3) is 0.107. The third kappa shape index (κ3) is 4.33. The van der Waals surface area contributed by atoms with Gasteiger partial charge in [-0.2, -0.15) is 0 Å². The molecule has 0 radical (unpaired) electrons. The summed E-state index contributed by atoms with van der Waals surface area (Å²) >= 11 is 0. The highest BCUT2D eigenvalue weighted by molar-refractivity contribution is 6.02. The molecule has 0 fully saturated rings. The van der Waals surface area contributed by atoms with Gasteiger partial charge in [0.1, 0.15) is 0 Å². The number of ketones is 1. The zero-order valence-corrected chi connectivity index (χ0v) is 17.1. The Morgan fingerprint density at radius 1 is 0.667 bits per heavy atom. The zero-order chi connectivity index (χ0) is 20.8. The van der Waals surface area contributed by atoms with E-state index in [1.807, 2.05) is 85.8 Å². The second-order valence-corrected chi connectivity index (χ2v) is 7.42. The number of hydrogen-bond acceptors (Lipinski definition) is 2. The van der Waals surface area contributed by atoms with Gasteiger partial charge in [-0.3, -0.25) is 4.79 Å². The van der Waals surface area contributed by atoms with Crippen molar-refractivity contribution in [2.45, 2.75) is 12.8 Å². The molecule has 0 N–H and O–H groups in total. The van der Waals surface area contributed by atoms with Crippen LogP contribution >= 0.6 is 0 Å². The van der Waals surface area contributed by atoms with Crippen LogP contribution in [0.1, 0.15) is 27.4 Å². The first-order chi connectivity index (χ1) is 14.7. The maximum Gasteiger partial charge on any atom is 0.172 e. The van der Waals surface area contributed by atoms with E-state index in [1.165, 1.54) is 0 Å². The first-order valence-corrected chi connectivity index (χ1v) is 10.3. The minimum atomic E-state index is -0.285. The number of hydrogen-bond donors (Lipinski definition) is 0. The summed E-state index contributed by atoms with van der Waals surface area (Å²) in [6.45, 7) is 2.56. The van der Waals surface area contributed by atoms with E-state index in [1.54, 1.807) is 0 Å². The molecule has 0 amide bonds. The highest BCUT2D eigenvalue weighted by Crippen LogP contribution is 2.31. The average Bonchev–Trinajstić information content (AvgIpc) is 2.81. The third-order valence-electron chi connectivity index (χ3n) is 5.43. The third-order valence-corrected chi connectivity index (χ3v) is 5.43. The Kier molecular flexibility index (Phi) is 6.05. The van der Waals surface area contributed by atoms with Crippen molar-refractivity contribution in [1.82, 2.24) is 0 Å². The molecule has 0 bridgehead atoms. The van der Waals surface area contributed by atoms with Gasteiger partial charge >= 0.3 is 0 Å². The number of para-hydroxylation sites is 2. The van der Waals surface area contributed by atoms with E-state index < -0.39 is 0 Å². The van der Waals surface area contributed by atoms with Crippen LogP contribution in [-0.4, -0.2) is 12.3 Å². The van der Waals surface area contributed by atoms with Crippen LogP contribution in [0.5, 0.6) is 0 Å². The van der Waals surface area contributed by atoms with Crippen LogP contribution in [0, 0.1) is 6.92 Å². The SMILES string of the molecule is Cc1ccccc1C(=O)C(CN(c1ccccc1)c1ccccc1)c1ccccc1. The first-order valence-electron chi connectivity index (χ1n) is 10.3. The van der Waals surface area contributed by atoms with Crippen LogP contribution in [-0.2, 0) is 0 Å². The van der Waals surface area contributed by atoms with Crippen LogP contribution in [0.2, 0.25) is 0 Å². The first kappa shape index (κ1) is 19.7. The van der Waals surface area contributed by atoms with Gasteiger partial charge in [0.2, 0.25) is 0 Å². The molecule has 2 heteroatoms. The van der Waals surface area contributed by atoms with Crippen molar-refractivity contribution >= 4 is 17.2 Å². The van der Waals surface area contributed by atoms with Crippen LogP contribution in [0.15, 0.2) is 115 Å². The van der Waals surface area contributed by atoms with Gasteiger partial charge in [0.05, 0.1) is 5.92 Å². The molecule has 2 nitrogen and oxygen atoms in total. The minimum Gasteiger partial charge on any atom is -0.340 e. The second kappa shape index (κ2) is 9.23. The summed E-state index contributed by atoms with van der Waals surface area (Å²) in [7, 11) is 0. The predicted octanol–water partition coefficient (Wildman–Crippen LogP) is 6.80. The largest absolute Gasteiger partial charge is 0.340 e. The number of rotatable bonds is 7. The van der Waals surface area contributed by atoms with Crippen LogP contribution < -0.4 is 4.90 Å². The van der Waals surface area contributed by atoms with Crippen LogP contribution in [0.25, 0.3) is 0 Å². The van der Waals surface area contributed by atoms with Gasteiger partial charge in [0.15, 0.2) is 5.78 Å². The van der Waals surface area contributed by atoms with Crippen molar-refractivity contribution in [3.8, 4) is 0 Å². The van der Waals surface area contributed by atoms with E-state index >= 15 is 0 Å². The summed E-state index contributed by atoms with van der Waals surface area (Å²) < 4.78 is 0. The lowest BCUT2D eigenvalue weighted by Crippen LogP contribution is -2.29. The molecule has 30 heavy (non-hydrogen) atoms. The Hall–Kier alpha value is -3.65. The van der Waals surface area contributed by atoms with Crippen molar-refractivity contribution in [1.29, 1.82) is 0 Å². The van der Waals surface area contributed by atoms with Crippen molar-refractivity contribution in [2.24, 2.45) is 0 Å². The van der Waals surface area contributed by atoms with E-state index in [9.17, 15) is 4.79 Å². The normalized spacial score (nSPS) is 11.6. The topological polar surface area (TPSA) is 20.3 Å². The van der Waals surface area contributed by atoms with Gasteiger partial charge in [-0.25, -0.2) is 0 Å². The van der Waals surface area contributed by atoms with Crippen molar-refractivity contribution in [3.63, 3.8) is 0 Å². The molecule has 0 aliphatic rings. The van der Waals surface area contributed by atoms with E-state index in [-0.39, 0.29) is 11.7 Å². The Morgan fingerprint density at radius 2 is 1.13 bits per heavy atom. The molecule has 0 aliphatic carbocycles. The molecule has 0 saturated carbocycles. The molecule has 0 aliphatic heterocycles. The molecule has 0 aromatic heterocycles. The number of aryl methyl sites for hydroxylation is 1. The van der Waals surface area contributed by atoms with E-state index in [4.69, 9.17) is 0 Å². The van der Waals surface area contributed by atoms with Crippen molar-refractivity contribution in [3.05, 3.63) is 132 Å². The van der Waals surface area contributed by atoms with Crippen molar-refractivity contribution < 1.29 is 4.79 Å². The zero-order valence-electron chi connectivity index (χ0n) is 17.1. The maximum absolute atomic E-state index is 13.7. The average molecular weight is 392 g/mol. The molecule has 4 rings (SSSR count). The predicted molar refractivity (Wildman–Crippen MR) is 125 cm³/mol.